The molecule has 0 radical (unpaired) electrons. The van der Waals surface area contributed by atoms with Crippen LogP contribution in [0.2, 0.25) is 0 Å². The van der Waals surface area contributed by atoms with Crippen molar-refractivity contribution in [3.05, 3.63) is 35.9 Å². The van der Waals surface area contributed by atoms with E-state index in [-0.39, 0.29) is 6.42 Å². The summed E-state index contributed by atoms with van der Waals surface area (Å²) < 4.78 is 1.15. The second-order valence-electron chi connectivity index (χ2n) is 15.8. The molecule has 0 unspecified atom stereocenters. The number of hydrogen-bond donors (Lipinski definition) is 1. The molecule has 0 amide bonds. The fourth-order valence-electron chi connectivity index (χ4n) is 6.54. The lowest BCUT2D eigenvalue weighted by atomic mass is 10.0. The molecule has 50 heavy (non-hydrogen) atoms. The molecule has 1 aromatic carbocycles. The Bertz CT molecular complexity index is 767. The van der Waals surface area contributed by atoms with E-state index < -0.39 is 5.97 Å². The first-order valence-corrected chi connectivity index (χ1v) is 22.0. The predicted molar refractivity (Wildman–Crippen MR) is 222 cm³/mol. The zero-order chi connectivity index (χ0) is 37.2. The van der Waals surface area contributed by atoms with Crippen molar-refractivity contribution in [3.8, 4) is 0 Å². The molecule has 0 fully saturated rings. The van der Waals surface area contributed by atoms with Crippen molar-refractivity contribution in [2.45, 2.75) is 220 Å². The number of nitrogens with zero attached hydrogens (tertiary/aromatic N) is 1. The molecular weight excluding hydrogens is 613 g/mol. The number of nitrogens with two attached hydrogens (primary N) is 1. The van der Waals surface area contributed by atoms with E-state index in [9.17, 15) is 9.90 Å². The van der Waals surface area contributed by atoms with Crippen LogP contribution in [0.5, 0.6) is 0 Å². The van der Waals surface area contributed by atoms with E-state index in [2.05, 4.69) is 47.0 Å². The van der Waals surface area contributed by atoms with Crippen molar-refractivity contribution in [2.24, 2.45) is 5.73 Å². The van der Waals surface area contributed by atoms with Gasteiger partial charge in [0.25, 0.3) is 0 Å². The van der Waals surface area contributed by atoms with Crippen LogP contribution in [0.3, 0.4) is 0 Å². The van der Waals surface area contributed by atoms with Crippen LogP contribution in [-0.4, -0.2) is 44.2 Å². The van der Waals surface area contributed by atoms with Gasteiger partial charge in [0.05, 0.1) is 27.2 Å². The monoisotopic (exact) mass is 703 g/mol. The lowest BCUT2D eigenvalue weighted by molar-refractivity contribution is -0.890. The second-order valence-corrected chi connectivity index (χ2v) is 15.8. The van der Waals surface area contributed by atoms with Crippen LogP contribution in [0, 0.1) is 6.92 Å². The Balaban J connectivity index is 0. The third kappa shape index (κ3) is 46.6. The molecule has 0 bridgehead atoms. The van der Waals surface area contributed by atoms with Gasteiger partial charge < -0.3 is 20.1 Å². The Morgan fingerprint density at radius 1 is 0.500 bits per heavy atom. The third-order valence-electron chi connectivity index (χ3n) is 10.0. The molecule has 0 aromatic heterocycles. The largest absolute Gasteiger partial charge is 0.550 e. The van der Waals surface area contributed by atoms with Crippen LogP contribution in [0.25, 0.3) is 0 Å². The van der Waals surface area contributed by atoms with Crippen molar-refractivity contribution in [1.29, 1.82) is 0 Å². The minimum absolute atomic E-state index is 0.234. The fraction of sp³-hybridized carbons (Fsp3) is 0.848. The lowest BCUT2D eigenvalue weighted by Gasteiger charge is -2.29. The first kappa shape index (κ1) is 50.7. The quantitative estimate of drug-likeness (QED) is 0.0574. The first-order valence-electron chi connectivity index (χ1n) is 22.0. The molecule has 296 valence electrons. The number of aliphatic carboxylic acids is 1. The van der Waals surface area contributed by atoms with Crippen LogP contribution in [0.1, 0.15) is 218 Å². The zero-order valence-electron chi connectivity index (χ0n) is 34.8. The van der Waals surface area contributed by atoms with Gasteiger partial charge in [-0.3, -0.25) is 0 Å². The van der Waals surface area contributed by atoms with Gasteiger partial charge in [-0.25, -0.2) is 0 Å². The molecule has 2 N–H and O–H groups in total. The molecule has 0 aliphatic carbocycles. The zero-order valence-corrected chi connectivity index (χ0v) is 34.8. The molecule has 0 atom stereocenters. The number of benzene rings is 1. The highest BCUT2D eigenvalue weighted by atomic mass is 16.4. The number of quaternary nitrogens is 1. The number of aryl methyl sites for hydroxylation is 1. The molecule has 0 aliphatic rings. The minimum Gasteiger partial charge on any atom is -0.550 e. The Morgan fingerprint density at radius 3 is 1.08 bits per heavy atom. The predicted octanol–water partition coefficient (Wildman–Crippen LogP) is 12.9. The molecule has 4 heteroatoms. The van der Waals surface area contributed by atoms with Gasteiger partial charge >= 0.3 is 0 Å². The van der Waals surface area contributed by atoms with E-state index in [0.717, 1.165) is 30.3 Å². The topological polar surface area (TPSA) is 66.1 Å². The number of carboxylic acids is 1. The number of carbonyl (C=O) groups is 1. The SMILES string of the molecule is CCCCCCCCCCCCCCCCCC(=O)[O-].CCCCCCCCCCCCCCCC[N+](C)(C)CCCN.Cc1ccccc1. The van der Waals surface area contributed by atoms with Gasteiger partial charge in [0.15, 0.2) is 0 Å². The molecule has 0 heterocycles. The number of carboxylic acid groups (broad SMARTS) is 1. The van der Waals surface area contributed by atoms with Crippen LogP contribution >= 0.6 is 0 Å². The molecule has 0 aliphatic heterocycles. The third-order valence-corrected chi connectivity index (χ3v) is 10.0. The van der Waals surface area contributed by atoms with E-state index >= 15 is 0 Å². The normalized spacial score (nSPS) is 11.1. The lowest BCUT2D eigenvalue weighted by Crippen LogP contribution is -2.41. The standard InChI is InChI=1S/C21H47N2.C18H36O2.C7H8/c1-4-5-6-7-8-9-10-11-12-13-14-15-16-17-20-23(2,3)21-18-19-22;1-2-3-4-5-6-7-8-9-10-11-12-13-14-15-16-17-18(19)20;1-7-5-3-2-4-6-7/h4-22H2,1-3H3;2-17H2,1H3,(H,19,20);2-6H,1H3/q+1;;/p-1. The Kier molecular flexibility index (Phi) is 42.6. The van der Waals surface area contributed by atoms with Crippen molar-refractivity contribution < 1.29 is 14.4 Å². The average molecular weight is 703 g/mol. The van der Waals surface area contributed by atoms with Gasteiger partial charge in [0.1, 0.15) is 0 Å². The number of carbonyl (C=O) groups excluding carboxylic acids is 1. The highest BCUT2D eigenvalue weighted by molar-refractivity contribution is 5.64. The van der Waals surface area contributed by atoms with Gasteiger partial charge in [-0.15, -0.1) is 0 Å². The summed E-state index contributed by atoms with van der Waals surface area (Å²) in [5.74, 6) is -0.903. The summed E-state index contributed by atoms with van der Waals surface area (Å²) in [7, 11) is 4.69. The Morgan fingerprint density at radius 2 is 0.800 bits per heavy atom. The summed E-state index contributed by atoms with van der Waals surface area (Å²) in [6, 6.07) is 10.3. The molecule has 4 nitrogen and oxygen atoms in total. The maximum atomic E-state index is 10.2. The summed E-state index contributed by atoms with van der Waals surface area (Å²) in [5.41, 5.74) is 6.93. The Hall–Kier alpha value is -1.39. The van der Waals surface area contributed by atoms with Gasteiger partial charge in [-0.1, -0.05) is 217 Å². The summed E-state index contributed by atoms with van der Waals surface area (Å²) in [4.78, 5) is 10.2. The number of unbranched alkanes of at least 4 members (excludes halogenated alkanes) is 27. The summed E-state index contributed by atoms with van der Waals surface area (Å²) in [5, 5.41) is 10.2. The minimum atomic E-state index is -0.903. The molecule has 0 saturated carbocycles. The van der Waals surface area contributed by atoms with Gasteiger partial charge in [0, 0.05) is 12.4 Å². The van der Waals surface area contributed by atoms with Crippen LogP contribution in [0.4, 0.5) is 0 Å². The van der Waals surface area contributed by atoms with Gasteiger partial charge in [0.2, 0.25) is 0 Å². The van der Waals surface area contributed by atoms with Crippen LogP contribution in [-0.2, 0) is 4.79 Å². The first-order chi connectivity index (χ1) is 24.3. The number of rotatable bonds is 34. The highest BCUT2D eigenvalue weighted by Gasteiger charge is 2.12. The van der Waals surface area contributed by atoms with Gasteiger partial charge in [-0.2, -0.15) is 0 Å². The highest BCUT2D eigenvalue weighted by Crippen LogP contribution is 2.15. The van der Waals surface area contributed by atoms with Crippen molar-refractivity contribution in [1.82, 2.24) is 0 Å². The van der Waals surface area contributed by atoms with Crippen molar-refractivity contribution in [3.63, 3.8) is 0 Å². The van der Waals surface area contributed by atoms with Gasteiger partial charge in [-0.05, 0) is 39.2 Å². The van der Waals surface area contributed by atoms with Crippen molar-refractivity contribution in [2.75, 3.05) is 33.7 Å². The Labute approximate surface area is 314 Å². The molecule has 1 rings (SSSR count). The second kappa shape index (κ2) is 42.0. The smallest absolute Gasteiger partial charge is 0.0794 e. The molecule has 0 saturated heterocycles. The van der Waals surface area contributed by atoms with Crippen LogP contribution < -0.4 is 10.8 Å². The van der Waals surface area contributed by atoms with E-state index in [4.69, 9.17) is 5.73 Å². The molecule has 0 spiro atoms. The molecular formula is C46H90N2O2. The van der Waals surface area contributed by atoms with E-state index in [0.29, 0.717) is 0 Å². The molecule has 1 aromatic rings. The summed E-state index contributed by atoms with van der Waals surface area (Å²) in [6.45, 7) is 10.0. The maximum Gasteiger partial charge on any atom is 0.0794 e. The van der Waals surface area contributed by atoms with E-state index in [1.165, 1.54) is 192 Å². The van der Waals surface area contributed by atoms with E-state index in [1.807, 2.05) is 18.2 Å². The average Bonchev–Trinajstić information content (AvgIpc) is 3.10. The summed E-state index contributed by atoms with van der Waals surface area (Å²) >= 11 is 0. The maximum absolute atomic E-state index is 10.2. The number of hydrogen-bond acceptors (Lipinski definition) is 3. The summed E-state index contributed by atoms with van der Waals surface area (Å²) in [6.07, 6.45) is 41.2. The van der Waals surface area contributed by atoms with Crippen molar-refractivity contribution >= 4 is 5.97 Å². The fourth-order valence-corrected chi connectivity index (χ4v) is 6.54. The van der Waals surface area contributed by atoms with Crippen LogP contribution in [0.15, 0.2) is 30.3 Å². The van der Waals surface area contributed by atoms with E-state index in [1.54, 1.807) is 0 Å².